The van der Waals surface area contributed by atoms with Crippen molar-refractivity contribution in [1.29, 1.82) is 0 Å². The molecule has 1 heterocycles. The van der Waals surface area contributed by atoms with Gasteiger partial charge in [-0.25, -0.2) is 13.6 Å². The fraction of sp³-hybridized carbons (Fsp3) is 0.222. The number of piperazine rings is 1. The molecule has 0 saturated carbocycles. The lowest BCUT2D eigenvalue weighted by atomic mass is 10.1. The average molecular weight is 360 g/mol. The zero-order valence-electron chi connectivity index (χ0n) is 13.9. The number of nitrogens with zero attached hydrogens (tertiary/aromatic N) is 1. The van der Waals surface area contributed by atoms with Gasteiger partial charge in [0.2, 0.25) is 0 Å². The number of urea groups is 1. The summed E-state index contributed by atoms with van der Waals surface area (Å²) in [6, 6.07) is 8.71. The van der Waals surface area contributed by atoms with Gasteiger partial charge in [0.15, 0.2) is 0 Å². The molecule has 1 aliphatic rings. The van der Waals surface area contributed by atoms with E-state index in [9.17, 15) is 18.4 Å². The van der Waals surface area contributed by atoms with Gasteiger partial charge in [-0.3, -0.25) is 4.79 Å². The highest BCUT2D eigenvalue weighted by atomic mass is 19.1. The van der Waals surface area contributed by atoms with Crippen LogP contribution in [-0.2, 0) is 0 Å². The van der Waals surface area contributed by atoms with Gasteiger partial charge in [0.25, 0.3) is 5.91 Å². The molecule has 0 aliphatic carbocycles. The Labute approximate surface area is 149 Å². The van der Waals surface area contributed by atoms with E-state index in [1.165, 1.54) is 30.3 Å². The monoisotopic (exact) mass is 360 g/mol. The zero-order chi connectivity index (χ0) is 18.5. The maximum Gasteiger partial charge on any atom is 0.323 e. The molecule has 3 N–H and O–H groups in total. The molecule has 8 heteroatoms. The number of halogens is 2. The predicted molar refractivity (Wildman–Crippen MR) is 94.2 cm³/mol. The highest BCUT2D eigenvalue weighted by molar-refractivity contribution is 6.00. The number of rotatable bonds is 3. The quantitative estimate of drug-likeness (QED) is 0.788. The Morgan fingerprint density at radius 2 is 1.58 bits per heavy atom. The number of amides is 3. The molecule has 136 valence electrons. The maximum atomic E-state index is 14.3. The van der Waals surface area contributed by atoms with Crippen molar-refractivity contribution >= 4 is 23.3 Å². The highest BCUT2D eigenvalue weighted by Crippen LogP contribution is 2.18. The molecule has 0 bridgehead atoms. The number of hydrogen-bond acceptors (Lipinski definition) is 3. The van der Waals surface area contributed by atoms with Crippen molar-refractivity contribution in [3.8, 4) is 0 Å². The Bertz CT molecular complexity index is 823. The average Bonchev–Trinajstić information content (AvgIpc) is 2.65. The molecule has 0 unspecified atom stereocenters. The molecule has 3 rings (SSSR count). The Balaban J connectivity index is 1.66. The van der Waals surface area contributed by atoms with Gasteiger partial charge in [-0.2, -0.15) is 0 Å². The van der Waals surface area contributed by atoms with Crippen LogP contribution in [0.3, 0.4) is 0 Å². The summed E-state index contributed by atoms with van der Waals surface area (Å²) in [5.74, 6) is -1.59. The van der Waals surface area contributed by atoms with E-state index >= 15 is 0 Å². The Kier molecular flexibility index (Phi) is 5.43. The summed E-state index contributed by atoms with van der Waals surface area (Å²) in [5.41, 5.74) is 0.0936. The van der Waals surface area contributed by atoms with Gasteiger partial charge in [-0.05, 0) is 30.3 Å². The Hall–Kier alpha value is -3.00. The van der Waals surface area contributed by atoms with Crippen molar-refractivity contribution in [2.75, 3.05) is 36.8 Å². The third-order valence-electron chi connectivity index (χ3n) is 3.99. The molecule has 26 heavy (non-hydrogen) atoms. The number of nitrogens with one attached hydrogen (secondary N) is 3. The van der Waals surface area contributed by atoms with Gasteiger partial charge in [0.1, 0.15) is 11.6 Å². The first kappa shape index (κ1) is 17.8. The van der Waals surface area contributed by atoms with Crippen LogP contribution in [0.25, 0.3) is 0 Å². The summed E-state index contributed by atoms with van der Waals surface area (Å²) < 4.78 is 27.8. The van der Waals surface area contributed by atoms with Crippen LogP contribution in [0.15, 0.2) is 42.5 Å². The summed E-state index contributed by atoms with van der Waals surface area (Å²) in [6.07, 6.45) is 0. The maximum absolute atomic E-state index is 14.3. The van der Waals surface area contributed by atoms with E-state index in [0.717, 1.165) is 6.07 Å². The topological polar surface area (TPSA) is 73.5 Å². The minimum absolute atomic E-state index is 0.0177. The first-order valence-electron chi connectivity index (χ1n) is 8.16. The van der Waals surface area contributed by atoms with Gasteiger partial charge < -0.3 is 20.9 Å². The molecule has 0 atom stereocenters. The van der Waals surface area contributed by atoms with Crippen molar-refractivity contribution in [3.05, 3.63) is 59.7 Å². The minimum Gasteiger partial charge on any atom is -0.336 e. The second-order valence-corrected chi connectivity index (χ2v) is 5.80. The van der Waals surface area contributed by atoms with Crippen molar-refractivity contribution < 1.29 is 18.4 Å². The second kappa shape index (κ2) is 7.92. The Morgan fingerprint density at radius 3 is 2.23 bits per heavy atom. The first-order chi connectivity index (χ1) is 12.5. The molecule has 1 aliphatic heterocycles. The fourth-order valence-electron chi connectivity index (χ4n) is 2.64. The van der Waals surface area contributed by atoms with E-state index in [1.54, 1.807) is 11.0 Å². The molecule has 3 amide bonds. The molecule has 2 aromatic rings. The van der Waals surface area contributed by atoms with Crippen LogP contribution in [0.2, 0.25) is 0 Å². The first-order valence-corrected chi connectivity index (χ1v) is 8.16. The largest absolute Gasteiger partial charge is 0.336 e. The molecule has 1 saturated heterocycles. The van der Waals surface area contributed by atoms with E-state index in [1.807, 2.05) is 0 Å². The second-order valence-electron chi connectivity index (χ2n) is 5.80. The molecule has 0 radical (unpaired) electrons. The van der Waals surface area contributed by atoms with E-state index in [4.69, 9.17) is 0 Å². The van der Waals surface area contributed by atoms with Crippen LogP contribution in [-0.4, -0.2) is 43.0 Å². The SMILES string of the molecule is O=C(Nc1ccccc1F)Nc1ccc(C(=O)N2CCNCC2)cc1F. The van der Waals surface area contributed by atoms with Crippen LogP contribution < -0.4 is 16.0 Å². The van der Waals surface area contributed by atoms with Gasteiger partial charge >= 0.3 is 6.03 Å². The molecular formula is C18H18F2N4O2. The van der Waals surface area contributed by atoms with E-state index < -0.39 is 17.7 Å². The van der Waals surface area contributed by atoms with Crippen LogP contribution in [0, 0.1) is 11.6 Å². The van der Waals surface area contributed by atoms with E-state index in [0.29, 0.717) is 26.2 Å². The van der Waals surface area contributed by atoms with Gasteiger partial charge in [0.05, 0.1) is 11.4 Å². The fourth-order valence-corrected chi connectivity index (χ4v) is 2.64. The van der Waals surface area contributed by atoms with Crippen molar-refractivity contribution in [2.45, 2.75) is 0 Å². The molecule has 6 nitrogen and oxygen atoms in total. The number of benzene rings is 2. The van der Waals surface area contributed by atoms with Crippen LogP contribution in [0.5, 0.6) is 0 Å². The lowest BCUT2D eigenvalue weighted by Crippen LogP contribution is -2.46. The van der Waals surface area contributed by atoms with E-state index in [2.05, 4.69) is 16.0 Å². The summed E-state index contributed by atoms with van der Waals surface area (Å²) >= 11 is 0. The van der Waals surface area contributed by atoms with Gasteiger partial charge in [-0.1, -0.05) is 12.1 Å². The lowest BCUT2D eigenvalue weighted by molar-refractivity contribution is 0.0735. The number of hydrogen-bond donors (Lipinski definition) is 3. The molecule has 0 spiro atoms. The van der Waals surface area contributed by atoms with Crippen LogP contribution in [0.1, 0.15) is 10.4 Å². The van der Waals surface area contributed by atoms with E-state index in [-0.39, 0.29) is 22.8 Å². The molecule has 1 fully saturated rings. The van der Waals surface area contributed by atoms with Crippen molar-refractivity contribution in [3.63, 3.8) is 0 Å². The standard InChI is InChI=1S/C18H18F2N4O2/c19-13-3-1-2-4-15(13)22-18(26)23-16-6-5-12(11-14(16)20)17(25)24-9-7-21-8-10-24/h1-6,11,21H,7-10H2,(H2,22,23,26). The number of anilines is 2. The number of carbonyl (C=O) groups is 2. The molecule has 0 aromatic heterocycles. The lowest BCUT2D eigenvalue weighted by Gasteiger charge is -2.27. The number of carbonyl (C=O) groups excluding carboxylic acids is 2. The summed E-state index contributed by atoms with van der Waals surface area (Å²) in [7, 11) is 0. The van der Waals surface area contributed by atoms with Crippen molar-refractivity contribution in [1.82, 2.24) is 10.2 Å². The normalized spacial score (nSPS) is 14.0. The number of para-hydroxylation sites is 1. The molecular weight excluding hydrogens is 342 g/mol. The third-order valence-corrected chi connectivity index (χ3v) is 3.99. The smallest absolute Gasteiger partial charge is 0.323 e. The van der Waals surface area contributed by atoms with Gasteiger partial charge in [0, 0.05) is 31.7 Å². The highest BCUT2D eigenvalue weighted by Gasteiger charge is 2.19. The predicted octanol–water partition coefficient (Wildman–Crippen LogP) is 2.65. The Morgan fingerprint density at radius 1 is 0.923 bits per heavy atom. The minimum atomic E-state index is -0.782. The van der Waals surface area contributed by atoms with Crippen LogP contribution >= 0.6 is 0 Å². The zero-order valence-corrected chi connectivity index (χ0v) is 13.9. The molecule has 2 aromatic carbocycles. The van der Waals surface area contributed by atoms with Crippen LogP contribution in [0.4, 0.5) is 25.0 Å². The summed E-state index contributed by atoms with van der Waals surface area (Å²) in [4.78, 5) is 25.9. The third kappa shape index (κ3) is 4.15. The summed E-state index contributed by atoms with van der Waals surface area (Å²) in [6.45, 7) is 2.52. The van der Waals surface area contributed by atoms with Gasteiger partial charge in [-0.15, -0.1) is 0 Å². The van der Waals surface area contributed by atoms with Crippen molar-refractivity contribution in [2.24, 2.45) is 0 Å². The summed E-state index contributed by atoms with van der Waals surface area (Å²) in [5, 5.41) is 7.74.